The molecule has 18 heavy (non-hydrogen) atoms. The molecular weight excluding hydrogens is 250 g/mol. The average molecular weight is 266 g/mol. The Morgan fingerprint density at radius 3 is 2.89 bits per heavy atom. The molecule has 0 saturated heterocycles. The van der Waals surface area contributed by atoms with E-state index in [1.54, 1.807) is 10.7 Å². The quantitative estimate of drug-likeness (QED) is 0.844. The van der Waals surface area contributed by atoms with Crippen LogP contribution in [0.25, 0.3) is 0 Å². The summed E-state index contributed by atoms with van der Waals surface area (Å²) < 4.78 is 1.77. The number of anilines is 1. The van der Waals surface area contributed by atoms with Crippen molar-refractivity contribution in [1.29, 1.82) is 0 Å². The highest BCUT2D eigenvalue weighted by Crippen LogP contribution is 2.13. The summed E-state index contributed by atoms with van der Waals surface area (Å²) in [7, 11) is 1.89. The van der Waals surface area contributed by atoms with Gasteiger partial charge < -0.3 is 5.32 Å². The van der Waals surface area contributed by atoms with Gasteiger partial charge in [-0.3, -0.25) is 4.68 Å². The van der Waals surface area contributed by atoms with Crippen molar-refractivity contribution in [3.05, 3.63) is 35.0 Å². The molecule has 1 N–H and O–H groups in total. The fraction of sp³-hybridized carbons (Fsp3) is 0.417. The van der Waals surface area contributed by atoms with Gasteiger partial charge in [0, 0.05) is 25.7 Å². The molecule has 0 aliphatic rings. The molecule has 5 nitrogen and oxygen atoms in total. The van der Waals surface area contributed by atoms with E-state index in [2.05, 4.69) is 27.3 Å². The Balaban J connectivity index is 2.04. The standard InChI is InChI=1S/C12H16ClN5/c1-3-4-11-15-10(13)7-12(16-11)14-8-9-5-6-18(2)17-9/h5-7H,3-4,8H2,1-2H3,(H,14,15,16). The van der Waals surface area contributed by atoms with E-state index < -0.39 is 0 Å². The Hall–Kier alpha value is -1.62. The summed E-state index contributed by atoms with van der Waals surface area (Å²) in [5.74, 6) is 1.51. The van der Waals surface area contributed by atoms with Crippen molar-refractivity contribution >= 4 is 17.4 Å². The highest BCUT2D eigenvalue weighted by atomic mass is 35.5. The Morgan fingerprint density at radius 2 is 2.22 bits per heavy atom. The lowest BCUT2D eigenvalue weighted by molar-refractivity contribution is 0.746. The summed E-state index contributed by atoms with van der Waals surface area (Å²) in [4.78, 5) is 8.58. The third-order valence-corrected chi connectivity index (χ3v) is 2.63. The van der Waals surface area contributed by atoms with Crippen molar-refractivity contribution in [3.8, 4) is 0 Å². The molecule has 0 fully saturated rings. The van der Waals surface area contributed by atoms with E-state index in [0.717, 1.165) is 30.2 Å². The fourth-order valence-electron chi connectivity index (χ4n) is 1.63. The van der Waals surface area contributed by atoms with Crippen LogP contribution in [0.1, 0.15) is 24.9 Å². The summed E-state index contributed by atoms with van der Waals surface area (Å²) in [6.07, 6.45) is 3.74. The van der Waals surface area contributed by atoms with Crippen LogP contribution in [-0.2, 0) is 20.0 Å². The molecule has 0 saturated carbocycles. The number of nitrogens with one attached hydrogen (secondary N) is 1. The van der Waals surface area contributed by atoms with Crippen LogP contribution in [0.2, 0.25) is 5.15 Å². The molecule has 0 aliphatic carbocycles. The topological polar surface area (TPSA) is 55.6 Å². The van der Waals surface area contributed by atoms with Crippen LogP contribution in [0, 0.1) is 0 Å². The zero-order valence-electron chi connectivity index (χ0n) is 10.5. The molecule has 0 aliphatic heterocycles. The maximum atomic E-state index is 5.96. The van der Waals surface area contributed by atoms with Crippen LogP contribution in [0.4, 0.5) is 5.82 Å². The molecule has 0 bridgehead atoms. The first-order valence-corrected chi connectivity index (χ1v) is 6.31. The largest absolute Gasteiger partial charge is 0.364 e. The van der Waals surface area contributed by atoms with Crippen LogP contribution < -0.4 is 5.32 Å². The van der Waals surface area contributed by atoms with Crippen LogP contribution in [0.15, 0.2) is 18.3 Å². The summed E-state index contributed by atoms with van der Waals surface area (Å²) in [6.45, 7) is 2.71. The predicted molar refractivity (Wildman–Crippen MR) is 71.6 cm³/mol. The van der Waals surface area contributed by atoms with Crippen molar-refractivity contribution < 1.29 is 0 Å². The van der Waals surface area contributed by atoms with E-state index in [9.17, 15) is 0 Å². The molecule has 0 atom stereocenters. The van der Waals surface area contributed by atoms with Gasteiger partial charge in [0.05, 0.1) is 12.2 Å². The molecule has 0 radical (unpaired) electrons. The molecule has 6 heteroatoms. The van der Waals surface area contributed by atoms with Crippen molar-refractivity contribution in [2.75, 3.05) is 5.32 Å². The highest BCUT2D eigenvalue weighted by Gasteiger charge is 2.03. The second kappa shape index (κ2) is 5.82. The molecule has 0 aromatic carbocycles. The minimum atomic E-state index is 0.469. The van der Waals surface area contributed by atoms with E-state index in [4.69, 9.17) is 11.6 Å². The van der Waals surface area contributed by atoms with E-state index in [1.807, 2.05) is 19.3 Å². The van der Waals surface area contributed by atoms with E-state index in [1.165, 1.54) is 0 Å². The van der Waals surface area contributed by atoms with Gasteiger partial charge in [0.1, 0.15) is 16.8 Å². The van der Waals surface area contributed by atoms with E-state index >= 15 is 0 Å². The lowest BCUT2D eigenvalue weighted by Crippen LogP contribution is -2.05. The van der Waals surface area contributed by atoms with E-state index in [-0.39, 0.29) is 0 Å². The first-order chi connectivity index (χ1) is 8.67. The van der Waals surface area contributed by atoms with Gasteiger partial charge in [-0.2, -0.15) is 5.10 Å². The molecule has 2 aromatic rings. The van der Waals surface area contributed by atoms with Gasteiger partial charge in [0.2, 0.25) is 0 Å². The normalized spacial score (nSPS) is 10.6. The zero-order valence-corrected chi connectivity index (χ0v) is 11.3. The van der Waals surface area contributed by atoms with Gasteiger partial charge in [-0.1, -0.05) is 18.5 Å². The van der Waals surface area contributed by atoms with Gasteiger partial charge >= 0.3 is 0 Å². The van der Waals surface area contributed by atoms with E-state index in [0.29, 0.717) is 11.7 Å². The Bertz CT molecular complexity index is 523. The number of aryl methyl sites for hydroxylation is 2. The Morgan fingerprint density at radius 1 is 1.39 bits per heavy atom. The minimum Gasteiger partial charge on any atom is -0.364 e. The monoisotopic (exact) mass is 265 g/mol. The maximum absolute atomic E-state index is 5.96. The number of halogens is 1. The number of aromatic nitrogens is 4. The molecule has 96 valence electrons. The third kappa shape index (κ3) is 3.43. The van der Waals surface area contributed by atoms with Crippen molar-refractivity contribution in [3.63, 3.8) is 0 Å². The first kappa shape index (κ1) is 12.8. The average Bonchev–Trinajstić information content (AvgIpc) is 2.72. The Kier molecular flexibility index (Phi) is 4.15. The molecule has 2 heterocycles. The maximum Gasteiger partial charge on any atom is 0.134 e. The SMILES string of the molecule is CCCc1nc(Cl)cc(NCc2ccn(C)n2)n1. The summed E-state index contributed by atoms with van der Waals surface area (Å²) in [5, 5.41) is 7.96. The van der Waals surface area contributed by atoms with Gasteiger partial charge in [0.25, 0.3) is 0 Å². The molecular formula is C12H16ClN5. The smallest absolute Gasteiger partial charge is 0.134 e. The van der Waals surface area contributed by atoms with Gasteiger partial charge in [-0.15, -0.1) is 0 Å². The lowest BCUT2D eigenvalue weighted by Gasteiger charge is -2.06. The molecule has 2 rings (SSSR count). The van der Waals surface area contributed by atoms with Crippen molar-refractivity contribution in [2.45, 2.75) is 26.3 Å². The van der Waals surface area contributed by atoms with Gasteiger partial charge in [0.15, 0.2) is 0 Å². The number of nitrogens with zero attached hydrogens (tertiary/aromatic N) is 4. The lowest BCUT2D eigenvalue weighted by atomic mass is 10.3. The van der Waals surface area contributed by atoms with Gasteiger partial charge in [-0.25, -0.2) is 9.97 Å². The summed E-state index contributed by atoms with van der Waals surface area (Å²) >= 11 is 5.96. The number of hydrogen-bond acceptors (Lipinski definition) is 4. The van der Waals surface area contributed by atoms with Crippen LogP contribution in [0.3, 0.4) is 0 Å². The Labute approximate surface area is 111 Å². The first-order valence-electron chi connectivity index (χ1n) is 5.93. The summed E-state index contributed by atoms with van der Waals surface area (Å²) in [5.41, 5.74) is 0.962. The molecule has 0 unspecified atom stereocenters. The molecule has 2 aromatic heterocycles. The fourth-order valence-corrected chi connectivity index (χ4v) is 1.83. The van der Waals surface area contributed by atoms with Crippen molar-refractivity contribution in [2.24, 2.45) is 7.05 Å². The second-order valence-corrected chi connectivity index (χ2v) is 4.46. The van der Waals surface area contributed by atoms with Crippen LogP contribution >= 0.6 is 11.6 Å². The highest BCUT2D eigenvalue weighted by molar-refractivity contribution is 6.29. The van der Waals surface area contributed by atoms with Gasteiger partial charge in [-0.05, 0) is 12.5 Å². The zero-order chi connectivity index (χ0) is 13.0. The summed E-state index contributed by atoms with van der Waals surface area (Å²) in [6, 6.07) is 3.69. The minimum absolute atomic E-state index is 0.469. The third-order valence-electron chi connectivity index (χ3n) is 2.43. The van der Waals surface area contributed by atoms with Crippen LogP contribution in [0.5, 0.6) is 0 Å². The van der Waals surface area contributed by atoms with Crippen molar-refractivity contribution in [1.82, 2.24) is 19.7 Å². The molecule has 0 spiro atoms. The predicted octanol–water partition coefficient (Wildman–Crippen LogP) is 2.43. The molecule has 0 amide bonds. The number of rotatable bonds is 5. The second-order valence-electron chi connectivity index (χ2n) is 4.08. The van der Waals surface area contributed by atoms with Crippen LogP contribution in [-0.4, -0.2) is 19.7 Å². The number of hydrogen-bond donors (Lipinski definition) is 1.